The molecule has 2 aromatic heterocycles. The van der Waals surface area contributed by atoms with Crippen LogP contribution in [0.2, 0.25) is 5.15 Å². The van der Waals surface area contributed by atoms with Crippen LogP contribution in [0.4, 0.5) is 5.82 Å². The summed E-state index contributed by atoms with van der Waals surface area (Å²) in [4.78, 5) is 23.2. The number of aldehydes is 1. The van der Waals surface area contributed by atoms with Crippen molar-refractivity contribution >= 4 is 23.7 Å². The SMILES string of the molecule is COc1ccc(CNc2nc(C)nc(Cl)c2C=O)cn1. The van der Waals surface area contributed by atoms with Gasteiger partial charge >= 0.3 is 0 Å². The molecule has 20 heavy (non-hydrogen) atoms. The van der Waals surface area contributed by atoms with Crippen LogP contribution in [0.25, 0.3) is 0 Å². The highest BCUT2D eigenvalue weighted by Crippen LogP contribution is 2.19. The van der Waals surface area contributed by atoms with Crippen molar-refractivity contribution in [2.75, 3.05) is 12.4 Å². The standard InChI is InChI=1S/C13H13ClN4O2/c1-8-17-12(14)10(7-19)13(18-8)16-6-9-3-4-11(20-2)15-5-9/h3-5,7H,6H2,1-2H3,(H,16,17,18). The molecule has 0 unspecified atom stereocenters. The van der Waals surface area contributed by atoms with Gasteiger partial charge < -0.3 is 10.1 Å². The molecule has 1 N–H and O–H groups in total. The predicted octanol–water partition coefficient (Wildman–Crippen LogP) is 2.27. The molecule has 104 valence electrons. The lowest BCUT2D eigenvalue weighted by Gasteiger charge is -2.09. The number of carbonyl (C=O) groups is 1. The molecule has 0 amide bonds. The molecular weight excluding hydrogens is 280 g/mol. The van der Waals surface area contributed by atoms with E-state index in [9.17, 15) is 4.79 Å². The number of hydrogen-bond donors (Lipinski definition) is 1. The van der Waals surface area contributed by atoms with Crippen LogP contribution in [0.3, 0.4) is 0 Å². The maximum atomic E-state index is 11.0. The van der Waals surface area contributed by atoms with Crippen molar-refractivity contribution in [2.24, 2.45) is 0 Å². The van der Waals surface area contributed by atoms with E-state index < -0.39 is 0 Å². The van der Waals surface area contributed by atoms with Gasteiger partial charge in [0.25, 0.3) is 0 Å². The smallest absolute Gasteiger partial charge is 0.212 e. The summed E-state index contributed by atoms with van der Waals surface area (Å²) in [7, 11) is 1.56. The number of methoxy groups -OCH3 is 1. The van der Waals surface area contributed by atoms with E-state index in [0.29, 0.717) is 30.4 Å². The Balaban J connectivity index is 2.15. The molecule has 7 heteroatoms. The second-order valence-corrected chi connectivity index (χ2v) is 4.36. The molecular formula is C13H13ClN4O2. The van der Waals surface area contributed by atoms with Crippen molar-refractivity contribution in [3.8, 4) is 5.88 Å². The highest BCUT2D eigenvalue weighted by atomic mass is 35.5. The van der Waals surface area contributed by atoms with Gasteiger partial charge in [0.1, 0.15) is 16.8 Å². The van der Waals surface area contributed by atoms with Crippen molar-refractivity contribution in [3.63, 3.8) is 0 Å². The Labute approximate surface area is 121 Å². The number of carbonyl (C=O) groups excluding carboxylic acids is 1. The van der Waals surface area contributed by atoms with Gasteiger partial charge in [-0.05, 0) is 12.5 Å². The minimum atomic E-state index is 0.142. The third-order valence-corrected chi connectivity index (χ3v) is 2.88. The predicted molar refractivity (Wildman–Crippen MR) is 75.3 cm³/mol. The Bertz CT molecular complexity index is 617. The number of rotatable bonds is 5. The molecule has 0 aliphatic carbocycles. The van der Waals surface area contributed by atoms with Gasteiger partial charge in [0.05, 0.1) is 12.7 Å². The number of pyridine rings is 1. The topological polar surface area (TPSA) is 77.0 Å². The Kier molecular flexibility index (Phi) is 4.47. The Morgan fingerprint density at radius 2 is 2.20 bits per heavy atom. The minimum absolute atomic E-state index is 0.142. The van der Waals surface area contributed by atoms with E-state index in [2.05, 4.69) is 20.3 Å². The number of ether oxygens (including phenoxy) is 1. The van der Waals surface area contributed by atoms with E-state index in [4.69, 9.17) is 16.3 Å². The zero-order chi connectivity index (χ0) is 14.5. The third-order valence-electron chi connectivity index (χ3n) is 2.60. The average molecular weight is 293 g/mol. The van der Waals surface area contributed by atoms with E-state index >= 15 is 0 Å². The lowest BCUT2D eigenvalue weighted by Crippen LogP contribution is -2.07. The fourth-order valence-electron chi connectivity index (χ4n) is 1.61. The van der Waals surface area contributed by atoms with Crippen LogP contribution < -0.4 is 10.1 Å². The monoisotopic (exact) mass is 292 g/mol. The summed E-state index contributed by atoms with van der Waals surface area (Å²) >= 11 is 5.90. The second-order valence-electron chi connectivity index (χ2n) is 4.00. The summed E-state index contributed by atoms with van der Waals surface area (Å²) in [5, 5.41) is 3.19. The van der Waals surface area contributed by atoms with Gasteiger partial charge in [-0.3, -0.25) is 4.79 Å². The maximum absolute atomic E-state index is 11.0. The van der Waals surface area contributed by atoms with Crippen LogP contribution in [0, 0.1) is 6.92 Å². The van der Waals surface area contributed by atoms with Gasteiger partial charge in [0, 0.05) is 18.8 Å². The molecule has 0 aliphatic heterocycles. The van der Waals surface area contributed by atoms with Gasteiger partial charge in [0.15, 0.2) is 6.29 Å². The highest BCUT2D eigenvalue weighted by Gasteiger charge is 2.10. The molecule has 0 aromatic carbocycles. The fourth-order valence-corrected chi connectivity index (χ4v) is 1.86. The second kappa shape index (κ2) is 6.29. The quantitative estimate of drug-likeness (QED) is 0.673. The van der Waals surface area contributed by atoms with Crippen molar-refractivity contribution in [1.82, 2.24) is 15.0 Å². The third kappa shape index (κ3) is 3.21. The Morgan fingerprint density at radius 3 is 2.80 bits per heavy atom. The van der Waals surface area contributed by atoms with Crippen LogP contribution in [-0.2, 0) is 6.54 Å². The maximum Gasteiger partial charge on any atom is 0.212 e. The lowest BCUT2D eigenvalue weighted by atomic mass is 10.2. The molecule has 0 fully saturated rings. The molecule has 0 bridgehead atoms. The molecule has 0 saturated heterocycles. The zero-order valence-electron chi connectivity index (χ0n) is 11.1. The van der Waals surface area contributed by atoms with Crippen molar-refractivity contribution in [3.05, 3.63) is 40.4 Å². The average Bonchev–Trinajstić information content (AvgIpc) is 2.45. The fraction of sp³-hybridized carbons (Fsp3) is 0.231. The zero-order valence-corrected chi connectivity index (χ0v) is 11.8. The minimum Gasteiger partial charge on any atom is -0.481 e. The number of nitrogens with one attached hydrogen (secondary N) is 1. The van der Waals surface area contributed by atoms with Crippen molar-refractivity contribution < 1.29 is 9.53 Å². The molecule has 2 rings (SSSR count). The van der Waals surface area contributed by atoms with Gasteiger partial charge in [0.2, 0.25) is 5.88 Å². The van der Waals surface area contributed by atoms with Gasteiger partial charge in [-0.2, -0.15) is 0 Å². The Morgan fingerprint density at radius 1 is 1.40 bits per heavy atom. The molecule has 2 aromatic rings. The summed E-state index contributed by atoms with van der Waals surface area (Å²) in [6, 6.07) is 3.63. The Hall–Kier alpha value is -2.21. The van der Waals surface area contributed by atoms with Gasteiger partial charge in [-0.1, -0.05) is 17.7 Å². The summed E-state index contributed by atoms with van der Waals surface area (Å²) < 4.78 is 4.98. The normalized spacial score (nSPS) is 10.2. The number of halogens is 1. The number of nitrogens with zero attached hydrogens (tertiary/aromatic N) is 3. The summed E-state index contributed by atoms with van der Waals surface area (Å²) in [5.41, 5.74) is 1.17. The van der Waals surface area contributed by atoms with Gasteiger partial charge in [-0.15, -0.1) is 0 Å². The van der Waals surface area contributed by atoms with Crippen LogP contribution in [0.1, 0.15) is 21.7 Å². The molecule has 0 atom stereocenters. The van der Waals surface area contributed by atoms with Crippen LogP contribution >= 0.6 is 11.6 Å². The first-order valence-corrected chi connectivity index (χ1v) is 6.24. The number of hydrogen-bond acceptors (Lipinski definition) is 6. The first-order valence-electron chi connectivity index (χ1n) is 5.86. The number of aryl methyl sites for hydroxylation is 1. The molecule has 0 radical (unpaired) electrons. The van der Waals surface area contributed by atoms with Crippen molar-refractivity contribution in [1.29, 1.82) is 0 Å². The summed E-state index contributed by atoms with van der Waals surface area (Å²) in [6.07, 6.45) is 2.32. The molecule has 0 aliphatic rings. The van der Waals surface area contributed by atoms with Crippen LogP contribution in [0.5, 0.6) is 5.88 Å². The van der Waals surface area contributed by atoms with E-state index in [-0.39, 0.29) is 10.7 Å². The lowest BCUT2D eigenvalue weighted by molar-refractivity contribution is 0.112. The summed E-state index contributed by atoms with van der Waals surface area (Å²) in [6.45, 7) is 2.17. The molecule has 2 heterocycles. The molecule has 0 spiro atoms. The first kappa shape index (κ1) is 14.2. The van der Waals surface area contributed by atoms with E-state index in [1.165, 1.54) is 0 Å². The highest BCUT2D eigenvalue weighted by molar-refractivity contribution is 6.32. The van der Waals surface area contributed by atoms with E-state index in [1.807, 2.05) is 6.07 Å². The molecule has 6 nitrogen and oxygen atoms in total. The van der Waals surface area contributed by atoms with E-state index in [1.54, 1.807) is 26.3 Å². The van der Waals surface area contributed by atoms with Crippen LogP contribution in [-0.4, -0.2) is 28.3 Å². The van der Waals surface area contributed by atoms with E-state index in [0.717, 1.165) is 5.56 Å². The summed E-state index contributed by atoms with van der Waals surface area (Å²) in [5.74, 6) is 1.45. The largest absolute Gasteiger partial charge is 0.481 e. The molecule has 0 saturated carbocycles. The number of aromatic nitrogens is 3. The van der Waals surface area contributed by atoms with Crippen molar-refractivity contribution in [2.45, 2.75) is 13.5 Å². The van der Waals surface area contributed by atoms with Crippen LogP contribution in [0.15, 0.2) is 18.3 Å². The first-order chi connectivity index (χ1) is 9.63. The van der Waals surface area contributed by atoms with Gasteiger partial charge in [-0.25, -0.2) is 15.0 Å². The number of anilines is 1.